The number of rotatable bonds is 4. The molecule has 1 saturated carbocycles. The quantitative estimate of drug-likeness (QED) is 0.384. The number of benzene rings is 1. The summed E-state index contributed by atoms with van der Waals surface area (Å²) in [7, 11) is 1.52. The van der Waals surface area contributed by atoms with Crippen molar-refractivity contribution >= 4 is 40.4 Å². The number of Topliss-reactive ketones (excluding diaryl/α,β-unsaturated/α-hetero) is 1. The average Bonchev–Trinajstić information content (AvgIpc) is 3.29. The van der Waals surface area contributed by atoms with Gasteiger partial charge in [0.25, 0.3) is 11.7 Å². The summed E-state index contributed by atoms with van der Waals surface area (Å²) < 4.78 is 5.25. The molecule has 2 aliphatic rings. The van der Waals surface area contributed by atoms with Gasteiger partial charge in [0.05, 0.1) is 17.7 Å². The van der Waals surface area contributed by atoms with Crippen LogP contribution in [0.4, 0.5) is 0 Å². The number of ketones is 1. The number of nitrogens with zero attached hydrogens (tertiary/aromatic N) is 1. The minimum absolute atomic E-state index is 0.00668. The molecule has 0 spiro atoms. The fourth-order valence-corrected chi connectivity index (χ4v) is 5.71. The second-order valence-corrected chi connectivity index (χ2v) is 9.17. The van der Waals surface area contributed by atoms with Crippen molar-refractivity contribution in [1.82, 2.24) is 4.90 Å². The Morgan fingerprint density at radius 1 is 1.20 bits per heavy atom. The third-order valence-corrected chi connectivity index (χ3v) is 7.43. The molecule has 158 valence electrons. The number of aliphatic hydroxyl groups excluding tert-OH is 1. The van der Waals surface area contributed by atoms with Gasteiger partial charge in [-0.25, -0.2) is 0 Å². The number of methoxy groups -OCH3 is 1. The van der Waals surface area contributed by atoms with Gasteiger partial charge in [0.2, 0.25) is 0 Å². The van der Waals surface area contributed by atoms with E-state index in [1.54, 1.807) is 23.1 Å². The second kappa shape index (κ2) is 8.44. The number of ether oxygens (including phenoxy) is 1. The normalized spacial score (nSPS) is 22.0. The third kappa shape index (κ3) is 3.52. The van der Waals surface area contributed by atoms with Gasteiger partial charge in [0, 0.05) is 16.5 Å². The first-order valence-corrected chi connectivity index (χ1v) is 11.4. The number of halogens is 1. The van der Waals surface area contributed by atoms with Crippen molar-refractivity contribution in [1.29, 1.82) is 0 Å². The van der Waals surface area contributed by atoms with Crippen molar-refractivity contribution in [3.05, 3.63) is 56.2 Å². The molecule has 1 saturated heterocycles. The fourth-order valence-electron chi connectivity index (χ4n) is 4.47. The number of thiophene rings is 1. The minimum atomic E-state index is -0.658. The highest BCUT2D eigenvalue weighted by Gasteiger charge is 2.49. The van der Waals surface area contributed by atoms with Gasteiger partial charge in [-0.3, -0.25) is 9.59 Å². The summed E-state index contributed by atoms with van der Waals surface area (Å²) in [4.78, 5) is 28.9. The molecular weight excluding hydrogens is 422 g/mol. The van der Waals surface area contributed by atoms with Crippen molar-refractivity contribution in [2.75, 3.05) is 7.11 Å². The van der Waals surface area contributed by atoms with Gasteiger partial charge in [0.1, 0.15) is 17.6 Å². The maximum Gasteiger partial charge on any atom is 0.295 e. The number of hydrogen-bond donors (Lipinski definition) is 1. The smallest absolute Gasteiger partial charge is 0.295 e. The lowest BCUT2D eigenvalue weighted by molar-refractivity contribution is -0.141. The highest BCUT2D eigenvalue weighted by atomic mass is 35.5. The molecule has 1 N–H and O–H groups in total. The van der Waals surface area contributed by atoms with Gasteiger partial charge in [-0.1, -0.05) is 30.9 Å². The second-order valence-electron chi connectivity index (χ2n) is 7.81. The molecule has 0 bridgehead atoms. The Morgan fingerprint density at radius 3 is 2.57 bits per heavy atom. The Bertz CT molecular complexity index is 1020. The summed E-state index contributed by atoms with van der Waals surface area (Å²) in [5, 5.41) is 13.5. The molecule has 1 atom stereocenters. The van der Waals surface area contributed by atoms with Crippen LogP contribution < -0.4 is 4.74 Å². The lowest BCUT2D eigenvalue weighted by Crippen LogP contribution is -2.40. The molecule has 1 aliphatic heterocycles. The molecule has 1 amide bonds. The molecule has 4 rings (SSSR count). The summed E-state index contributed by atoms with van der Waals surface area (Å²) in [6.45, 7) is 1.96. The standard InChI is InChI=1S/C23H24ClNO4S/c1-13-10-11-30-22(13)19-18(20(26)16-12-15(29-2)8-9-17(16)24)21(27)23(28)25(19)14-6-4-3-5-7-14/h8-12,14,19,26H,3-7H2,1-2H3/b20-18+. The van der Waals surface area contributed by atoms with E-state index in [4.69, 9.17) is 16.3 Å². The molecular formula is C23H24ClNO4S. The van der Waals surface area contributed by atoms with Gasteiger partial charge in [-0.15, -0.1) is 11.3 Å². The number of aliphatic hydroxyl groups is 1. The predicted octanol–water partition coefficient (Wildman–Crippen LogP) is 5.47. The summed E-state index contributed by atoms with van der Waals surface area (Å²) in [6.07, 6.45) is 4.95. The zero-order valence-corrected chi connectivity index (χ0v) is 18.6. The SMILES string of the molecule is COc1ccc(Cl)c(/C(O)=C2\C(=O)C(=O)N(C3CCCCC3)C2c2sccc2C)c1. The van der Waals surface area contributed by atoms with E-state index < -0.39 is 17.7 Å². The van der Waals surface area contributed by atoms with Gasteiger partial charge in [0.15, 0.2) is 0 Å². The van der Waals surface area contributed by atoms with Crippen LogP contribution >= 0.6 is 22.9 Å². The highest BCUT2D eigenvalue weighted by molar-refractivity contribution is 7.10. The number of hydrogen-bond acceptors (Lipinski definition) is 5. The van der Waals surface area contributed by atoms with E-state index in [2.05, 4.69) is 0 Å². The predicted molar refractivity (Wildman–Crippen MR) is 118 cm³/mol. The van der Waals surface area contributed by atoms with Crippen LogP contribution in [0.25, 0.3) is 5.76 Å². The van der Waals surface area contributed by atoms with E-state index in [0.29, 0.717) is 10.8 Å². The Labute approximate surface area is 184 Å². The van der Waals surface area contributed by atoms with Crippen molar-refractivity contribution in [2.45, 2.75) is 51.1 Å². The van der Waals surface area contributed by atoms with Crippen LogP contribution in [0.3, 0.4) is 0 Å². The Morgan fingerprint density at radius 2 is 1.93 bits per heavy atom. The van der Waals surface area contributed by atoms with Crippen LogP contribution in [0.15, 0.2) is 35.2 Å². The summed E-state index contributed by atoms with van der Waals surface area (Å²) in [6, 6.07) is 6.24. The van der Waals surface area contributed by atoms with Crippen LogP contribution in [0.5, 0.6) is 5.75 Å². The molecule has 0 radical (unpaired) electrons. The van der Waals surface area contributed by atoms with Crippen LogP contribution in [-0.2, 0) is 9.59 Å². The fraction of sp³-hybridized carbons (Fsp3) is 0.391. The van der Waals surface area contributed by atoms with Gasteiger partial charge < -0.3 is 14.7 Å². The Balaban J connectivity index is 1.90. The van der Waals surface area contributed by atoms with Crippen LogP contribution in [0.2, 0.25) is 5.02 Å². The Kier molecular flexibility index (Phi) is 5.89. The topological polar surface area (TPSA) is 66.8 Å². The zero-order valence-electron chi connectivity index (χ0n) is 17.0. The first-order valence-electron chi connectivity index (χ1n) is 10.1. The van der Waals surface area contributed by atoms with Gasteiger partial charge in [-0.2, -0.15) is 0 Å². The number of likely N-dealkylation sites (tertiary alicyclic amines) is 1. The average molecular weight is 446 g/mol. The van der Waals surface area contributed by atoms with E-state index in [1.165, 1.54) is 18.4 Å². The number of aryl methyl sites for hydroxylation is 1. The molecule has 2 fully saturated rings. The molecule has 30 heavy (non-hydrogen) atoms. The van der Waals surface area contributed by atoms with Crippen LogP contribution in [0.1, 0.15) is 54.1 Å². The first kappa shape index (κ1) is 20.9. The van der Waals surface area contributed by atoms with Gasteiger partial charge >= 0.3 is 0 Å². The van der Waals surface area contributed by atoms with E-state index in [0.717, 1.165) is 42.5 Å². The molecule has 2 aromatic rings. The largest absolute Gasteiger partial charge is 0.507 e. The lowest BCUT2D eigenvalue weighted by atomic mass is 9.92. The van der Waals surface area contributed by atoms with Crippen molar-refractivity contribution in [3.8, 4) is 5.75 Å². The van der Waals surface area contributed by atoms with Crippen LogP contribution in [0, 0.1) is 6.92 Å². The summed E-state index contributed by atoms with van der Waals surface area (Å²) in [5.74, 6) is -0.949. The number of amides is 1. The first-order chi connectivity index (χ1) is 14.4. The third-order valence-electron chi connectivity index (χ3n) is 6.03. The Hall–Kier alpha value is -2.31. The van der Waals surface area contributed by atoms with E-state index in [-0.39, 0.29) is 22.9 Å². The van der Waals surface area contributed by atoms with E-state index >= 15 is 0 Å². The molecule has 7 heteroatoms. The lowest BCUT2D eigenvalue weighted by Gasteiger charge is -2.35. The van der Waals surface area contributed by atoms with E-state index in [9.17, 15) is 14.7 Å². The minimum Gasteiger partial charge on any atom is -0.507 e. The summed E-state index contributed by atoms with van der Waals surface area (Å²) >= 11 is 7.84. The van der Waals surface area contributed by atoms with Crippen LogP contribution in [-0.4, -0.2) is 34.8 Å². The maximum atomic E-state index is 13.2. The molecule has 5 nitrogen and oxygen atoms in total. The molecule has 1 aliphatic carbocycles. The number of carbonyl (C=O) groups excluding carboxylic acids is 2. The molecule has 1 aromatic carbocycles. The van der Waals surface area contributed by atoms with Crippen molar-refractivity contribution in [2.24, 2.45) is 0 Å². The molecule has 1 aromatic heterocycles. The highest BCUT2D eigenvalue weighted by Crippen LogP contribution is 2.46. The number of carbonyl (C=O) groups is 2. The molecule has 2 heterocycles. The van der Waals surface area contributed by atoms with Crippen molar-refractivity contribution in [3.63, 3.8) is 0 Å². The van der Waals surface area contributed by atoms with Gasteiger partial charge in [-0.05, 0) is 55.0 Å². The zero-order chi connectivity index (χ0) is 21.4. The van der Waals surface area contributed by atoms with E-state index in [1.807, 2.05) is 18.4 Å². The maximum absolute atomic E-state index is 13.2. The molecule has 1 unspecified atom stereocenters. The summed E-state index contributed by atoms with van der Waals surface area (Å²) in [5.41, 5.74) is 1.39. The van der Waals surface area contributed by atoms with Crippen molar-refractivity contribution < 1.29 is 19.4 Å². The monoisotopic (exact) mass is 445 g/mol.